The third kappa shape index (κ3) is 5.21. The van der Waals surface area contributed by atoms with Crippen molar-refractivity contribution in [2.24, 2.45) is 5.92 Å². The van der Waals surface area contributed by atoms with Crippen molar-refractivity contribution in [2.45, 2.75) is 18.9 Å². The van der Waals surface area contributed by atoms with Gasteiger partial charge in [-0.25, -0.2) is 9.59 Å². The van der Waals surface area contributed by atoms with Gasteiger partial charge in [0.05, 0.1) is 12.5 Å². The molecule has 8 heteroatoms. The number of aliphatic carboxylic acids is 1. The number of nitrogens with one attached hydrogen (secondary N) is 2. The van der Waals surface area contributed by atoms with Gasteiger partial charge < -0.3 is 25.2 Å². The number of hydrogen-bond acceptors (Lipinski definition) is 5. The summed E-state index contributed by atoms with van der Waals surface area (Å²) in [6, 6.07) is 16.1. The van der Waals surface area contributed by atoms with Gasteiger partial charge in [0.15, 0.2) is 6.10 Å². The number of hydrogen-bond donors (Lipinski definition) is 3. The van der Waals surface area contributed by atoms with Gasteiger partial charge in [0.1, 0.15) is 6.61 Å². The summed E-state index contributed by atoms with van der Waals surface area (Å²) in [5, 5.41) is 14.0. The fraction of sp³-hybridized carbons (Fsp3) is 0.348. The molecule has 0 saturated heterocycles. The molecule has 2 aromatic carbocycles. The lowest BCUT2D eigenvalue weighted by molar-refractivity contribution is -0.148. The largest absolute Gasteiger partial charge is 0.479 e. The first-order valence-corrected chi connectivity index (χ1v) is 10.0. The van der Waals surface area contributed by atoms with Crippen LogP contribution in [0.15, 0.2) is 48.5 Å². The summed E-state index contributed by atoms with van der Waals surface area (Å²) >= 11 is 0. The van der Waals surface area contributed by atoms with E-state index in [1.165, 1.54) is 7.11 Å². The van der Waals surface area contributed by atoms with Gasteiger partial charge >= 0.3 is 12.1 Å². The summed E-state index contributed by atoms with van der Waals surface area (Å²) in [5.41, 5.74) is 4.53. The lowest BCUT2D eigenvalue weighted by Crippen LogP contribution is -2.42. The van der Waals surface area contributed by atoms with Crippen LogP contribution >= 0.6 is 0 Å². The Bertz CT molecular complexity index is 915. The van der Waals surface area contributed by atoms with Gasteiger partial charge in [-0.15, -0.1) is 0 Å². The molecule has 0 aliphatic heterocycles. The second kappa shape index (κ2) is 10.1. The van der Waals surface area contributed by atoms with E-state index in [0.717, 1.165) is 22.3 Å². The van der Waals surface area contributed by atoms with Gasteiger partial charge in [0.25, 0.3) is 0 Å². The molecule has 31 heavy (non-hydrogen) atoms. The molecule has 0 fully saturated rings. The fourth-order valence-electron chi connectivity index (χ4n) is 3.62. The topological polar surface area (TPSA) is 114 Å². The van der Waals surface area contributed by atoms with Crippen LogP contribution in [0.3, 0.4) is 0 Å². The maximum absolute atomic E-state index is 12.2. The number of alkyl carbamates (subject to hydrolysis) is 1. The van der Waals surface area contributed by atoms with Gasteiger partial charge in [-0.1, -0.05) is 55.5 Å². The van der Waals surface area contributed by atoms with Crippen LogP contribution in [0.25, 0.3) is 11.1 Å². The molecule has 0 heterocycles. The quantitative estimate of drug-likeness (QED) is 0.567. The summed E-state index contributed by atoms with van der Waals surface area (Å²) in [5.74, 6) is -2.15. The summed E-state index contributed by atoms with van der Waals surface area (Å²) in [7, 11) is 1.26. The van der Waals surface area contributed by atoms with E-state index in [-0.39, 0.29) is 31.5 Å². The van der Waals surface area contributed by atoms with Crippen LogP contribution in [0.5, 0.6) is 0 Å². The third-order valence-corrected chi connectivity index (χ3v) is 5.37. The molecule has 0 radical (unpaired) electrons. The van der Waals surface area contributed by atoms with Crippen molar-refractivity contribution >= 4 is 18.0 Å². The molecule has 0 aromatic heterocycles. The highest BCUT2D eigenvalue weighted by atomic mass is 16.5. The van der Waals surface area contributed by atoms with E-state index in [2.05, 4.69) is 22.8 Å². The van der Waals surface area contributed by atoms with Crippen LogP contribution in [-0.2, 0) is 19.1 Å². The number of ether oxygens (including phenoxy) is 2. The van der Waals surface area contributed by atoms with Crippen molar-refractivity contribution in [1.82, 2.24) is 10.6 Å². The Morgan fingerprint density at radius 3 is 2.10 bits per heavy atom. The number of carboxylic acids is 1. The Morgan fingerprint density at radius 2 is 1.55 bits per heavy atom. The molecule has 1 aliphatic rings. The minimum absolute atomic E-state index is 0.0409. The molecule has 0 bridgehead atoms. The predicted octanol–water partition coefficient (Wildman–Crippen LogP) is 2.38. The van der Waals surface area contributed by atoms with Crippen LogP contribution in [0.4, 0.5) is 4.79 Å². The van der Waals surface area contributed by atoms with E-state index in [0.29, 0.717) is 0 Å². The van der Waals surface area contributed by atoms with Crippen LogP contribution < -0.4 is 10.6 Å². The molecular formula is C23H26N2O6. The highest BCUT2D eigenvalue weighted by Crippen LogP contribution is 2.44. The zero-order valence-electron chi connectivity index (χ0n) is 17.5. The number of carbonyl (C=O) groups excluding carboxylic acids is 2. The van der Waals surface area contributed by atoms with Crippen LogP contribution in [0.2, 0.25) is 0 Å². The van der Waals surface area contributed by atoms with Crippen LogP contribution in [0.1, 0.15) is 24.0 Å². The van der Waals surface area contributed by atoms with Gasteiger partial charge in [0.2, 0.25) is 5.91 Å². The Hall–Kier alpha value is -3.39. The second-order valence-corrected chi connectivity index (χ2v) is 7.42. The highest BCUT2D eigenvalue weighted by Gasteiger charge is 2.29. The molecular weight excluding hydrogens is 400 g/mol. The van der Waals surface area contributed by atoms with Crippen molar-refractivity contribution in [1.29, 1.82) is 0 Å². The van der Waals surface area contributed by atoms with E-state index < -0.39 is 24.1 Å². The second-order valence-electron chi connectivity index (χ2n) is 7.42. The number of carboxylic acid groups (broad SMARTS) is 1. The molecule has 3 rings (SSSR count). The zero-order valence-corrected chi connectivity index (χ0v) is 17.5. The van der Waals surface area contributed by atoms with Crippen molar-refractivity contribution in [3.8, 4) is 11.1 Å². The number of methoxy groups -OCH3 is 1. The first kappa shape index (κ1) is 22.3. The summed E-state index contributed by atoms with van der Waals surface area (Å²) in [6.45, 7) is 1.73. The third-order valence-electron chi connectivity index (χ3n) is 5.37. The van der Waals surface area contributed by atoms with Gasteiger partial charge in [-0.05, 0) is 22.3 Å². The first-order chi connectivity index (χ1) is 14.9. The highest BCUT2D eigenvalue weighted by molar-refractivity contribution is 5.81. The number of carbonyl (C=O) groups is 3. The molecule has 3 N–H and O–H groups in total. The molecule has 0 spiro atoms. The average molecular weight is 426 g/mol. The SMILES string of the molecule is COC(CNC(=O)C(C)CNC(=O)OCC1c2ccccc2-c2ccccc21)C(=O)O. The van der Waals surface area contributed by atoms with Gasteiger partial charge in [0, 0.05) is 19.6 Å². The molecule has 0 saturated carbocycles. The molecule has 2 unspecified atom stereocenters. The molecule has 8 nitrogen and oxygen atoms in total. The first-order valence-electron chi connectivity index (χ1n) is 10.0. The van der Waals surface area contributed by atoms with Crippen LogP contribution in [-0.4, -0.2) is 56.0 Å². The van der Waals surface area contributed by atoms with Crippen molar-refractivity contribution < 1.29 is 29.0 Å². The number of fused-ring (bicyclic) bond motifs is 3. The lowest BCUT2D eigenvalue weighted by atomic mass is 9.98. The lowest BCUT2D eigenvalue weighted by Gasteiger charge is -2.17. The maximum atomic E-state index is 12.2. The minimum Gasteiger partial charge on any atom is -0.479 e. The summed E-state index contributed by atoms with van der Waals surface area (Å²) in [4.78, 5) is 35.2. The van der Waals surface area contributed by atoms with E-state index >= 15 is 0 Å². The Balaban J connectivity index is 1.49. The number of benzene rings is 2. The standard InChI is InChI=1S/C23H26N2O6/c1-14(21(26)24-12-20(30-2)22(27)28)11-25-23(29)31-13-19-17-9-5-3-7-15(17)16-8-4-6-10-18(16)19/h3-10,14,19-20H,11-13H2,1-2H3,(H,24,26)(H,25,29)(H,27,28). The predicted molar refractivity (Wildman–Crippen MR) is 114 cm³/mol. The van der Waals surface area contributed by atoms with E-state index in [4.69, 9.17) is 14.6 Å². The summed E-state index contributed by atoms with van der Waals surface area (Å²) < 4.78 is 10.2. The van der Waals surface area contributed by atoms with Crippen LogP contribution in [0, 0.1) is 5.92 Å². The molecule has 2 aromatic rings. The van der Waals surface area contributed by atoms with E-state index in [1.54, 1.807) is 6.92 Å². The molecule has 1 aliphatic carbocycles. The smallest absolute Gasteiger partial charge is 0.407 e. The number of amides is 2. The van der Waals surface area contributed by atoms with Gasteiger partial charge in [-0.3, -0.25) is 4.79 Å². The monoisotopic (exact) mass is 426 g/mol. The maximum Gasteiger partial charge on any atom is 0.407 e. The molecule has 164 valence electrons. The number of rotatable bonds is 9. The van der Waals surface area contributed by atoms with Crippen molar-refractivity contribution in [3.05, 3.63) is 59.7 Å². The fourth-order valence-corrected chi connectivity index (χ4v) is 3.62. The zero-order chi connectivity index (χ0) is 22.4. The molecule has 2 amide bonds. The van der Waals surface area contributed by atoms with E-state index in [1.807, 2.05) is 36.4 Å². The Morgan fingerprint density at radius 1 is 0.968 bits per heavy atom. The average Bonchev–Trinajstić information content (AvgIpc) is 3.09. The van der Waals surface area contributed by atoms with E-state index in [9.17, 15) is 14.4 Å². The van der Waals surface area contributed by atoms with Crippen molar-refractivity contribution in [2.75, 3.05) is 26.8 Å². The minimum atomic E-state index is -1.16. The van der Waals surface area contributed by atoms with Gasteiger partial charge in [-0.2, -0.15) is 0 Å². The Labute approximate surface area is 180 Å². The van der Waals surface area contributed by atoms with Crippen molar-refractivity contribution in [3.63, 3.8) is 0 Å². The Kier molecular flexibility index (Phi) is 7.25. The summed E-state index contributed by atoms with van der Waals surface area (Å²) in [6.07, 6.45) is -1.73. The normalized spacial score (nSPS) is 14.1. The molecule has 2 atom stereocenters.